The van der Waals surface area contributed by atoms with Gasteiger partial charge in [0.25, 0.3) is 5.91 Å². The first-order valence-electron chi connectivity index (χ1n) is 5.19. The Bertz CT molecular complexity index is 545. The molecule has 0 radical (unpaired) electrons. The number of hydrogen-bond acceptors (Lipinski definition) is 3. The van der Waals surface area contributed by atoms with Crippen LogP contribution in [0, 0.1) is 6.92 Å². The van der Waals surface area contributed by atoms with E-state index >= 15 is 0 Å². The van der Waals surface area contributed by atoms with Crippen LogP contribution in [0.3, 0.4) is 0 Å². The summed E-state index contributed by atoms with van der Waals surface area (Å²) in [5.74, 6) is -0.237. The van der Waals surface area contributed by atoms with Crippen LogP contribution < -0.4 is 5.32 Å². The smallest absolute Gasteiger partial charge is 0.301 e. The second-order valence-corrected chi connectivity index (χ2v) is 4.49. The van der Waals surface area contributed by atoms with Crippen LogP contribution in [0.15, 0.2) is 27.4 Å². The Morgan fingerprint density at radius 1 is 1.65 bits per heavy atom. The summed E-state index contributed by atoms with van der Waals surface area (Å²) in [5.41, 5.74) is 1.29. The van der Waals surface area contributed by atoms with Gasteiger partial charge in [-0.3, -0.25) is 10.1 Å². The molecule has 0 aromatic carbocycles. The van der Waals surface area contributed by atoms with Crippen LogP contribution in [0.1, 0.15) is 23.1 Å². The van der Waals surface area contributed by atoms with Crippen LogP contribution >= 0.6 is 15.9 Å². The molecule has 0 atom stereocenters. The molecule has 2 aromatic heterocycles. The zero-order chi connectivity index (χ0) is 12.4. The zero-order valence-electron chi connectivity index (χ0n) is 9.53. The van der Waals surface area contributed by atoms with E-state index in [2.05, 4.69) is 26.2 Å². The normalized spacial score (nSPS) is 10.5. The van der Waals surface area contributed by atoms with Gasteiger partial charge in [-0.25, -0.2) is 0 Å². The van der Waals surface area contributed by atoms with Crippen LogP contribution in [-0.2, 0) is 6.54 Å². The van der Waals surface area contributed by atoms with E-state index in [1.165, 1.54) is 6.26 Å². The fourth-order valence-electron chi connectivity index (χ4n) is 1.50. The van der Waals surface area contributed by atoms with Crippen molar-refractivity contribution < 1.29 is 9.21 Å². The largest absolute Gasteiger partial charge is 0.432 e. The number of carbonyl (C=O) groups is 1. The number of oxazole rings is 1. The molecule has 2 heterocycles. The Morgan fingerprint density at radius 3 is 3.00 bits per heavy atom. The highest BCUT2D eigenvalue weighted by Gasteiger charge is 2.14. The van der Waals surface area contributed by atoms with Gasteiger partial charge in [-0.2, -0.15) is 4.98 Å². The molecule has 0 bridgehead atoms. The van der Waals surface area contributed by atoms with Crippen LogP contribution in [0.5, 0.6) is 0 Å². The first-order valence-corrected chi connectivity index (χ1v) is 5.98. The van der Waals surface area contributed by atoms with E-state index in [1.54, 1.807) is 13.0 Å². The standard InChI is InChI=1S/C11H12BrN3O2/c1-3-15-5-8(12)4-9(15)10(16)14-11-13-7(2)6-17-11/h4-6H,3H2,1-2H3,(H,13,14,16). The number of halogens is 1. The summed E-state index contributed by atoms with van der Waals surface area (Å²) in [6, 6.07) is 1.97. The fourth-order valence-corrected chi connectivity index (χ4v) is 1.96. The Balaban J connectivity index is 2.19. The molecule has 0 saturated heterocycles. The van der Waals surface area contributed by atoms with E-state index < -0.39 is 0 Å². The average Bonchev–Trinajstić information content (AvgIpc) is 2.84. The number of anilines is 1. The molecule has 0 fully saturated rings. The van der Waals surface area contributed by atoms with E-state index in [4.69, 9.17) is 4.42 Å². The Hall–Kier alpha value is -1.56. The van der Waals surface area contributed by atoms with Gasteiger partial charge in [0.15, 0.2) is 0 Å². The molecule has 0 aliphatic carbocycles. The van der Waals surface area contributed by atoms with Gasteiger partial charge in [-0.1, -0.05) is 0 Å². The summed E-state index contributed by atoms with van der Waals surface area (Å²) < 4.78 is 7.78. The molecule has 0 unspecified atom stereocenters. The maximum absolute atomic E-state index is 12.0. The SMILES string of the molecule is CCn1cc(Br)cc1C(=O)Nc1nc(C)co1. The van der Waals surface area contributed by atoms with Crippen molar-refractivity contribution in [2.75, 3.05) is 5.32 Å². The number of aromatic nitrogens is 2. The third-order valence-corrected chi connectivity index (χ3v) is 2.71. The Kier molecular flexibility index (Phi) is 3.33. The molecule has 6 heteroatoms. The third-order valence-electron chi connectivity index (χ3n) is 2.28. The van der Waals surface area contributed by atoms with Crippen molar-refractivity contribution in [1.82, 2.24) is 9.55 Å². The first kappa shape index (κ1) is 11.9. The van der Waals surface area contributed by atoms with Gasteiger partial charge in [0.2, 0.25) is 0 Å². The molecular formula is C11H12BrN3O2. The molecule has 90 valence electrons. The molecule has 2 rings (SSSR count). The summed E-state index contributed by atoms with van der Waals surface area (Å²) in [6.07, 6.45) is 3.35. The summed E-state index contributed by atoms with van der Waals surface area (Å²) in [7, 11) is 0. The van der Waals surface area contributed by atoms with E-state index in [9.17, 15) is 4.79 Å². The van der Waals surface area contributed by atoms with Gasteiger partial charge in [-0.05, 0) is 35.8 Å². The topological polar surface area (TPSA) is 60.1 Å². The highest BCUT2D eigenvalue weighted by molar-refractivity contribution is 9.10. The Labute approximate surface area is 107 Å². The molecule has 0 saturated carbocycles. The molecule has 2 aromatic rings. The van der Waals surface area contributed by atoms with Crippen molar-refractivity contribution in [2.45, 2.75) is 20.4 Å². The van der Waals surface area contributed by atoms with Crippen molar-refractivity contribution >= 4 is 27.9 Å². The lowest BCUT2D eigenvalue weighted by molar-refractivity contribution is 0.101. The predicted molar refractivity (Wildman–Crippen MR) is 67.0 cm³/mol. The lowest BCUT2D eigenvalue weighted by Gasteiger charge is -2.04. The number of nitrogens with zero attached hydrogens (tertiary/aromatic N) is 2. The minimum Gasteiger partial charge on any atom is -0.432 e. The van der Waals surface area contributed by atoms with Crippen LogP contribution in [0.25, 0.3) is 0 Å². The lowest BCUT2D eigenvalue weighted by Crippen LogP contribution is -2.16. The molecule has 0 spiro atoms. The van der Waals surface area contributed by atoms with E-state index in [0.717, 1.165) is 16.7 Å². The van der Waals surface area contributed by atoms with Gasteiger partial charge < -0.3 is 8.98 Å². The second kappa shape index (κ2) is 4.75. The summed E-state index contributed by atoms with van der Waals surface area (Å²) in [6.45, 7) is 4.49. The third kappa shape index (κ3) is 2.58. The van der Waals surface area contributed by atoms with Crippen LogP contribution in [-0.4, -0.2) is 15.5 Å². The van der Waals surface area contributed by atoms with Crippen molar-refractivity contribution in [3.05, 3.63) is 34.4 Å². The number of carbonyl (C=O) groups excluding carboxylic acids is 1. The predicted octanol–water partition coefficient (Wildman–Crippen LogP) is 2.82. The van der Waals surface area contributed by atoms with Crippen molar-refractivity contribution in [3.63, 3.8) is 0 Å². The molecule has 1 amide bonds. The number of hydrogen-bond donors (Lipinski definition) is 1. The molecular weight excluding hydrogens is 286 g/mol. The van der Waals surface area contributed by atoms with E-state index in [0.29, 0.717) is 5.69 Å². The van der Waals surface area contributed by atoms with Gasteiger partial charge in [0.1, 0.15) is 12.0 Å². The number of nitrogens with one attached hydrogen (secondary N) is 1. The summed E-state index contributed by atoms with van der Waals surface area (Å²) in [5, 5.41) is 2.61. The summed E-state index contributed by atoms with van der Waals surface area (Å²) in [4.78, 5) is 16.0. The van der Waals surface area contributed by atoms with E-state index in [-0.39, 0.29) is 11.9 Å². The highest BCUT2D eigenvalue weighted by atomic mass is 79.9. The number of amides is 1. The minimum absolute atomic E-state index is 0.215. The zero-order valence-corrected chi connectivity index (χ0v) is 11.1. The van der Waals surface area contributed by atoms with Crippen LogP contribution in [0.2, 0.25) is 0 Å². The summed E-state index contributed by atoms with van der Waals surface area (Å²) >= 11 is 3.34. The highest BCUT2D eigenvalue weighted by Crippen LogP contribution is 2.16. The van der Waals surface area contributed by atoms with Crippen molar-refractivity contribution in [1.29, 1.82) is 0 Å². The second-order valence-electron chi connectivity index (χ2n) is 3.58. The molecule has 1 N–H and O–H groups in total. The fraction of sp³-hybridized carbons (Fsp3) is 0.273. The monoisotopic (exact) mass is 297 g/mol. The number of aryl methyl sites for hydroxylation is 2. The van der Waals surface area contributed by atoms with Crippen molar-refractivity contribution in [3.8, 4) is 0 Å². The van der Waals surface area contributed by atoms with Gasteiger partial charge in [-0.15, -0.1) is 0 Å². The van der Waals surface area contributed by atoms with Gasteiger partial charge in [0.05, 0.1) is 5.69 Å². The molecule has 0 aliphatic heterocycles. The minimum atomic E-state index is -0.237. The quantitative estimate of drug-likeness (QED) is 0.948. The molecule has 5 nitrogen and oxygen atoms in total. The number of rotatable bonds is 3. The Morgan fingerprint density at radius 2 is 2.41 bits per heavy atom. The lowest BCUT2D eigenvalue weighted by atomic mass is 10.4. The molecule has 17 heavy (non-hydrogen) atoms. The maximum atomic E-state index is 12.0. The molecule has 0 aliphatic rings. The van der Waals surface area contributed by atoms with Gasteiger partial charge in [0, 0.05) is 17.2 Å². The van der Waals surface area contributed by atoms with Gasteiger partial charge >= 0.3 is 6.01 Å². The van der Waals surface area contributed by atoms with Crippen LogP contribution in [0.4, 0.5) is 6.01 Å². The van der Waals surface area contributed by atoms with E-state index in [1.807, 2.05) is 17.7 Å². The average molecular weight is 298 g/mol. The first-order chi connectivity index (χ1) is 8.10. The van der Waals surface area contributed by atoms with Crippen molar-refractivity contribution in [2.24, 2.45) is 0 Å². The maximum Gasteiger partial charge on any atom is 0.301 e.